The Kier molecular flexibility index (Phi) is 17.9. The van der Waals surface area contributed by atoms with E-state index >= 15 is 0 Å². The van der Waals surface area contributed by atoms with E-state index in [0.29, 0.717) is 12.1 Å². The second kappa shape index (κ2) is 22.8. The highest BCUT2D eigenvalue weighted by atomic mass is 16.6. The predicted octanol–water partition coefficient (Wildman–Crippen LogP) is 5.61. The minimum atomic E-state index is -1.05. The van der Waals surface area contributed by atoms with Gasteiger partial charge in [-0.2, -0.15) is 0 Å². The molecule has 14 nitrogen and oxygen atoms in total. The molecule has 4 rings (SSSR count). The number of ketones is 2. The van der Waals surface area contributed by atoms with Gasteiger partial charge in [-0.3, -0.25) is 24.1 Å². The third-order valence-corrected chi connectivity index (χ3v) is 10.8. The maximum absolute atomic E-state index is 14.2. The van der Waals surface area contributed by atoms with Crippen molar-refractivity contribution >= 4 is 29.5 Å². The number of aliphatic hydroxyl groups is 1. The van der Waals surface area contributed by atoms with Crippen molar-refractivity contribution in [2.75, 3.05) is 27.9 Å². The molecule has 2 aromatic carbocycles. The Morgan fingerprint density at radius 2 is 1.59 bits per heavy atom. The summed E-state index contributed by atoms with van der Waals surface area (Å²) in [5, 5.41) is 16.8. The van der Waals surface area contributed by atoms with Crippen LogP contribution in [0.4, 0.5) is 4.79 Å². The number of Topliss-reactive ketones (excluding diaryl/α,β-unsaturated/α-hetero) is 1. The van der Waals surface area contributed by atoms with Gasteiger partial charge in [0.05, 0.1) is 30.7 Å². The number of carbonyl (C=O) groups excluding carboxylic acids is 5. The number of primary amides is 1. The maximum atomic E-state index is 14.2. The van der Waals surface area contributed by atoms with Crippen LogP contribution in [0.15, 0.2) is 107 Å². The summed E-state index contributed by atoms with van der Waals surface area (Å²) in [6, 6.07) is 15.0. The van der Waals surface area contributed by atoms with Crippen LogP contribution in [0, 0.1) is 11.8 Å². The molecule has 0 radical (unpaired) electrons. The van der Waals surface area contributed by atoms with E-state index in [9.17, 15) is 29.1 Å². The van der Waals surface area contributed by atoms with E-state index in [-0.39, 0.29) is 46.9 Å². The molecule has 0 aromatic heterocycles. The number of carbonyl (C=O) groups is 5. The molecule has 2 aliphatic rings. The molecule has 3 amide bonds. The number of nitrogens with zero attached hydrogens (tertiary/aromatic N) is 1. The maximum Gasteiger partial charge on any atom is 0.405 e. The number of rotatable bonds is 12. The van der Waals surface area contributed by atoms with Crippen LogP contribution < -0.4 is 21.1 Å². The number of nitrogens with two attached hydrogens (primary N) is 1. The molecule has 1 heterocycles. The summed E-state index contributed by atoms with van der Waals surface area (Å²) in [6.45, 7) is 11.2. The lowest BCUT2D eigenvalue weighted by molar-refractivity contribution is -0.120. The van der Waals surface area contributed by atoms with Crippen molar-refractivity contribution in [3.8, 4) is 5.75 Å². The molecule has 0 unspecified atom stereocenters. The van der Waals surface area contributed by atoms with E-state index in [1.807, 2.05) is 43.3 Å². The first kappa shape index (κ1) is 48.0. The molecule has 0 spiro atoms. The minimum absolute atomic E-state index is 0.00518. The van der Waals surface area contributed by atoms with Crippen molar-refractivity contribution in [1.29, 1.82) is 0 Å². The van der Waals surface area contributed by atoms with Crippen LogP contribution >= 0.6 is 0 Å². The molecule has 5 N–H and O–H groups in total. The third-order valence-electron chi connectivity index (χ3n) is 10.8. The lowest BCUT2D eigenvalue weighted by atomic mass is 9.85. The van der Waals surface area contributed by atoms with Crippen LogP contribution in [0.3, 0.4) is 0 Å². The second-order valence-electron chi connectivity index (χ2n) is 15.6. The van der Waals surface area contributed by atoms with Gasteiger partial charge in [-0.25, -0.2) is 4.79 Å². The fraction of sp³-hybridized carbons (Fsp3) is 0.426. The number of nitrogens with one attached hydrogen (secondary N) is 2. The normalized spacial score (nSPS) is 25.4. The summed E-state index contributed by atoms with van der Waals surface area (Å²) >= 11 is 0. The zero-order chi connectivity index (χ0) is 44.8. The second-order valence-corrected chi connectivity index (χ2v) is 15.6. The number of hydrogen-bond acceptors (Lipinski definition) is 11. The standard InChI is InChI=1S/C47H60N4O10/c1-9-21-51(27-33-15-19-35(58-6)20-16-33)26-32-13-17-34(18-14-32)46(56)50-41-36-22-28(2)23-40(60-8)42(53)30(4)24-31(5)44(61-47(48)57)39(59-7)12-10-11-29(3)45(55)49-37(43(36)54)25-38(41)52/h10-20,24-25,28,30,39-40,42,44,53H,9,21-23,26-27H2,1-8H3,(H2,48,57)(H,49,55)(H,50,56)/b12-10-,29-11+,31-24+/t28-,30+,39+,40+,42-,44+/m1/s1. The Morgan fingerprint density at radius 1 is 0.951 bits per heavy atom. The van der Waals surface area contributed by atoms with Crippen LogP contribution in [0.2, 0.25) is 0 Å². The van der Waals surface area contributed by atoms with Gasteiger partial charge in [0.2, 0.25) is 11.6 Å². The van der Waals surface area contributed by atoms with Crippen molar-refractivity contribution in [2.24, 2.45) is 17.6 Å². The van der Waals surface area contributed by atoms with Gasteiger partial charge in [0.25, 0.3) is 11.8 Å². The number of amides is 3. The average Bonchev–Trinajstić information content (AvgIpc) is 3.23. The molecular formula is C47H60N4O10. The number of aliphatic hydroxyl groups excluding tert-OH is 1. The molecule has 61 heavy (non-hydrogen) atoms. The van der Waals surface area contributed by atoms with Crippen LogP contribution in [-0.2, 0) is 41.7 Å². The van der Waals surface area contributed by atoms with E-state index in [1.165, 1.54) is 33.3 Å². The molecule has 6 atom stereocenters. The summed E-state index contributed by atoms with van der Waals surface area (Å²) in [4.78, 5) is 69.3. The van der Waals surface area contributed by atoms with E-state index in [2.05, 4.69) is 22.5 Å². The molecule has 14 heteroatoms. The first-order valence-corrected chi connectivity index (χ1v) is 20.4. The molecule has 0 fully saturated rings. The molecule has 1 aliphatic heterocycles. The highest BCUT2D eigenvalue weighted by Gasteiger charge is 2.34. The lowest BCUT2D eigenvalue weighted by Crippen LogP contribution is -2.38. The first-order chi connectivity index (χ1) is 29.1. The Morgan fingerprint density at radius 3 is 2.16 bits per heavy atom. The summed E-state index contributed by atoms with van der Waals surface area (Å²) in [5.41, 5.74) is 8.14. The highest BCUT2D eigenvalue weighted by Crippen LogP contribution is 2.29. The topological polar surface area (TPSA) is 196 Å². The Balaban J connectivity index is 1.63. The van der Waals surface area contributed by atoms with Crippen molar-refractivity contribution in [2.45, 2.75) is 91.4 Å². The monoisotopic (exact) mass is 840 g/mol. The van der Waals surface area contributed by atoms with Crippen LogP contribution in [0.25, 0.3) is 0 Å². The fourth-order valence-electron chi connectivity index (χ4n) is 7.45. The summed E-state index contributed by atoms with van der Waals surface area (Å²) < 4.78 is 22.0. The Bertz CT molecular complexity index is 2050. The van der Waals surface area contributed by atoms with E-state index in [0.717, 1.165) is 42.5 Å². The predicted molar refractivity (Wildman–Crippen MR) is 231 cm³/mol. The van der Waals surface area contributed by atoms with Crippen LogP contribution in [0.1, 0.15) is 75.4 Å². The zero-order valence-electron chi connectivity index (χ0n) is 36.4. The quantitative estimate of drug-likeness (QED) is 0.153. The molecule has 2 bridgehead atoms. The molecule has 0 saturated carbocycles. The molecular weight excluding hydrogens is 781 g/mol. The minimum Gasteiger partial charge on any atom is -0.497 e. The zero-order valence-corrected chi connectivity index (χ0v) is 36.4. The number of ether oxygens (including phenoxy) is 4. The largest absolute Gasteiger partial charge is 0.497 e. The van der Waals surface area contributed by atoms with Gasteiger partial charge in [-0.15, -0.1) is 0 Å². The van der Waals surface area contributed by atoms with Gasteiger partial charge >= 0.3 is 6.09 Å². The molecule has 0 saturated heterocycles. The third kappa shape index (κ3) is 13.4. The van der Waals surface area contributed by atoms with Gasteiger partial charge < -0.3 is 40.4 Å². The van der Waals surface area contributed by atoms with Crippen LogP contribution in [-0.4, -0.2) is 91.8 Å². The molecule has 2 aromatic rings. The Labute approximate surface area is 358 Å². The van der Waals surface area contributed by atoms with Crippen LogP contribution in [0.5, 0.6) is 5.75 Å². The summed E-state index contributed by atoms with van der Waals surface area (Å²) in [7, 11) is 4.52. The van der Waals surface area contributed by atoms with E-state index in [4.69, 9.17) is 24.7 Å². The first-order valence-electron chi connectivity index (χ1n) is 20.4. The summed E-state index contributed by atoms with van der Waals surface area (Å²) in [6.07, 6.45) is 3.93. The van der Waals surface area contributed by atoms with Gasteiger partial charge in [-0.05, 0) is 86.5 Å². The van der Waals surface area contributed by atoms with Crippen molar-refractivity contribution < 1.29 is 48.0 Å². The number of benzene rings is 2. The number of methoxy groups -OCH3 is 3. The van der Waals surface area contributed by atoms with Crippen molar-refractivity contribution in [1.82, 2.24) is 15.5 Å². The van der Waals surface area contributed by atoms with Crippen molar-refractivity contribution in [3.63, 3.8) is 0 Å². The number of allylic oxidation sites excluding steroid dienone is 4. The van der Waals surface area contributed by atoms with Gasteiger partial charge in [0.15, 0.2) is 6.10 Å². The fourth-order valence-corrected chi connectivity index (χ4v) is 7.45. The van der Waals surface area contributed by atoms with Gasteiger partial charge in [0.1, 0.15) is 11.9 Å². The number of hydrogen-bond donors (Lipinski definition) is 4. The van der Waals surface area contributed by atoms with Crippen molar-refractivity contribution in [3.05, 3.63) is 124 Å². The molecule has 1 aliphatic carbocycles. The Hall–Kier alpha value is -5.67. The van der Waals surface area contributed by atoms with Gasteiger partial charge in [-0.1, -0.05) is 69.3 Å². The lowest BCUT2D eigenvalue weighted by Gasteiger charge is -2.30. The summed E-state index contributed by atoms with van der Waals surface area (Å²) in [5.74, 6) is -2.62. The smallest absolute Gasteiger partial charge is 0.405 e. The van der Waals surface area contributed by atoms with Gasteiger partial charge in [0, 0.05) is 56.0 Å². The number of fused-ring (bicyclic) bond motifs is 2. The highest BCUT2D eigenvalue weighted by molar-refractivity contribution is 6.24. The molecule has 328 valence electrons. The van der Waals surface area contributed by atoms with E-state index < -0.39 is 59.8 Å². The SMILES string of the molecule is CCCN(Cc1ccc(OC)cc1)Cc1ccc(C(=O)NC2=C3C[C@@H](C)C[C@H](OC)[C@H](O)[C@@H](C)/C=C(\C)[C@H](OC(N)=O)[C@@H](OC)/C=C\C=C(/C)C(=O)NC(=CC2=O)C3=O)cc1. The van der Waals surface area contributed by atoms with E-state index in [1.54, 1.807) is 45.2 Å². The average molecular weight is 841 g/mol.